The van der Waals surface area contributed by atoms with Crippen LogP contribution < -0.4 is 10.2 Å². The van der Waals surface area contributed by atoms with E-state index in [9.17, 15) is 8.78 Å². The fourth-order valence-electron chi connectivity index (χ4n) is 2.66. The number of anilines is 1. The Bertz CT molecular complexity index is 609. The number of para-hydroxylation sites is 1. The number of nitrogens with one attached hydrogen (secondary N) is 1. The average Bonchev–Trinajstić information content (AvgIpc) is 3.06. The second-order valence-electron chi connectivity index (χ2n) is 5.24. The zero-order chi connectivity index (χ0) is 14.8. The minimum Gasteiger partial charge on any atom is -0.365 e. The summed E-state index contributed by atoms with van der Waals surface area (Å²) in [5.74, 6) is -0.989. The number of aromatic nitrogens is 1. The van der Waals surface area contributed by atoms with Crippen LogP contribution in [0.5, 0.6) is 0 Å². The molecule has 0 aliphatic carbocycles. The molecule has 3 nitrogen and oxygen atoms in total. The van der Waals surface area contributed by atoms with Crippen LogP contribution in [0.15, 0.2) is 23.6 Å². The Kier molecular flexibility index (Phi) is 4.17. The lowest BCUT2D eigenvalue weighted by Crippen LogP contribution is -2.32. The Morgan fingerprint density at radius 3 is 2.81 bits per heavy atom. The molecule has 0 radical (unpaired) electrons. The normalized spacial score (nSPS) is 18.4. The zero-order valence-electron chi connectivity index (χ0n) is 11.8. The van der Waals surface area contributed by atoms with Gasteiger partial charge in [0.05, 0.1) is 10.7 Å². The van der Waals surface area contributed by atoms with E-state index in [-0.39, 0.29) is 11.7 Å². The Morgan fingerprint density at radius 1 is 1.38 bits per heavy atom. The van der Waals surface area contributed by atoms with E-state index in [0.29, 0.717) is 19.6 Å². The van der Waals surface area contributed by atoms with Crippen molar-refractivity contribution in [3.63, 3.8) is 0 Å². The van der Waals surface area contributed by atoms with Gasteiger partial charge in [0.1, 0.15) is 17.3 Å². The molecular weight excluding hydrogens is 292 g/mol. The topological polar surface area (TPSA) is 28.2 Å². The summed E-state index contributed by atoms with van der Waals surface area (Å²) in [7, 11) is 0. The fourth-order valence-corrected chi connectivity index (χ4v) is 3.27. The molecule has 1 aromatic heterocycles. The Morgan fingerprint density at radius 2 is 2.14 bits per heavy atom. The average molecular weight is 309 g/mol. The van der Waals surface area contributed by atoms with Gasteiger partial charge in [-0.05, 0) is 25.5 Å². The molecule has 0 unspecified atom stereocenters. The second-order valence-corrected chi connectivity index (χ2v) is 6.30. The molecule has 1 fully saturated rings. The van der Waals surface area contributed by atoms with Gasteiger partial charge in [0.2, 0.25) is 0 Å². The summed E-state index contributed by atoms with van der Waals surface area (Å²) in [6.45, 7) is 3.95. The largest absolute Gasteiger partial charge is 0.365 e. The van der Waals surface area contributed by atoms with Crippen molar-refractivity contribution in [2.24, 2.45) is 0 Å². The molecule has 6 heteroatoms. The van der Waals surface area contributed by atoms with Crippen LogP contribution in [0, 0.1) is 18.6 Å². The van der Waals surface area contributed by atoms with Crippen LogP contribution >= 0.6 is 11.3 Å². The van der Waals surface area contributed by atoms with Crippen LogP contribution in [0.25, 0.3) is 0 Å². The number of halogens is 2. The van der Waals surface area contributed by atoms with E-state index in [1.165, 1.54) is 18.2 Å². The standard InChI is InChI=1S/C15H17F2N3S/c1-10-19-12(9-21-10)7-18-11-5-6-20(8-11)15-13(16)3-2-4-14(15)17/h2-4,9,11,18H,5-8H2,1H3/t11-/m0/s1. The van der Waals surface area contributed by atoms with Crippen molar-refractivity contribution in [1.29, 1.82) is 0 Å². The molecular formula is C15H17F2N3S. The summed E-state index contributed by atoms with van der Waals surface area (Å²) in [6, 6.07) is 4.23. The molecule has 3 rings (SSSR count). The van der Waals surface area contributed by atoms with Gasteiger partial charge in [-0.1, -0.05) is 6.07 Å². The van der Waals surface area contributed by atoms with Gasteiger partial charge in [0.15, 0.2) is 0 Å². The monoisotopic (exact) mass is 309 g/mol. The Balaban J connectivity index is 1.60. The quantitative estimate of drug-likeness (QED) is 0.940. The smallest absolute Gasteiger partial charge is 0.149 e. The minimum absolute atomic E-state index is 0.0892. The highest BCUT2D eigenvalue weighted by Gasteiger charge is 2.26. The molecule has 2 aromatic rings. The van der Waals surface area contributed by atoms with Crippen LogP contribution in [0.1, 0.15) is 17.1 Å². The number of thiazole rings is 1. The molecule has 1 aliphatic heterocycles. The third kappa shape index (κ3) is 3.22. The van der Waals surface area contributed by atoms with Gasteiger partial charge < -0.3 is 10.2 Å². The van der Waals surface area contributed by atoms with Crippen LogP contribution in [0.2, 0.25) is 0 Å². The molecule has 21 heavy (non-hydrogen) atoms. The molecule has 0 spiro atoms. The lowest BCUT2D eigenvalue weighted by molar-refractivity contribution is 0.542. The van der Waals surface area contributed by atoms with Gasteiger partial charge >= 0.3 is 0 Å². The van der Waals surface area contributed by atoms with E-state index in [2.05, 4.69) is 10.3 Å². The number of hydrogen-bond acceptors (Lipinski definition) is 4. The van der Waals surface area contributed by atoms with Crippen LogP contribution in [0.3, 0.4) is 0 Å². The first-order valence-electron chi connectivity index (χ1n) is 6.97. The second kappa shape index (κ2) is 6.07. The molecule has 112 valence electrons. The third-order valence-electron chi connectivity index (χ3n) is 3.68. The number of rotatable bonds is 4. The molecule has 2 heterocycles. The highest BCUT2D eigenvalue weighted by atomic mass is 32.1. The van der Waals surface area contributed by atoms with Gasteiger partial charge in [-0.2, -0.15) is 0 Å². The summed E-state index contributed by atoms with van der Waals surface area (Å²) < 4.78 is 27.5. The summed E-state index contributed by atoms with van der Waals surface area (Å²) in [6.07, 6.45) is 0.872. The SMILES string of the molecule is Cc1nc(CN[C@H]2CCN(c3c(F)cccc3F)C2)cs1. The minimum atomic E-state index is -0.495. The molecule has 0 saturated carbocycles. The molecule has 1 atom stereocenters. The molecule has 0 amide bonds. The Labute approximate surface area is 126 Å². The number of nitrogens with zero attached hydrogens (tertiary/aromatic N) is 2. The van der Waals surface area contributed by atoms with Crippen LogP contribution in [-0.2, 0) is 6.54 Å². The van der Waals surface area contributed by atoms with E-state index in [0.717, 1.165) is 17.1 Å². The maximum atomic E-state index is 13.8. The number of benzene rings is 1. The lowest BCUT2D eigenvalue weighted by atomic mass is 10.2. The van der Waals surface area contributed by atoms with Crippen molar-refractivity contribution in [2.45, 2.75) is 25.9 Å². The van der Waals surface area contributed by atoms with Gasteiger partial charge in [0, 0.05) is 31.1 Å². The van der Waals surface area contributed by atoms with Crippen molar-refractivity contribution in [3.05, 3.63) is 45.9 Å². The number of aryl methyl sites for hydroxylation is 1. The fraction of sp³-hybridized carbons (Fsp3) is 0.400. The van der Waals surface area contributed by atoms with E-state index < -0.39 is 11.6 Å². The highest BCUT2D eigenvalue weighted by molar-refractivity contribution is 7.09. The van der Waals surface area contributed by atoms with E-state index >= 15 is 0 Å². The first kappa shape index (κ1) is 14.4. The molecule has 0 bridgehead atoms. The molecule has 1 aromatic carbocycles. The first-order chi connectivity index (χ1) is 10.1. The molecule has 1 N–H and O–H groups in total. The summed E-state index contributed by atoms with van der Waals surface area (Å²) in [4.78, 5) is 6.17. The van der Waals surface area contributed by atoms with Gasteiger partial charge in [-0.15, -0.1) is 11.3 Å². The van der Waals surface area contributed by atoms with Crippen molar-refractivity contribution in [3.8, 4) is 0 Å². The summed E-state index contributed by atoms with van der Waals surface area (Å²) in [5.41, 5.74) is 1.11. The van der Waals surface area contributed by atoms with Gasteiger partial charge in [-0.3, -0.25) is 0 Å². The third-order valence-corrected chi connectivity index (χ3v) is 4.50. The van der Waals surface area contributed by atoms with Crippen molar-refractivity contribution in [2.75, 3.05) is 18.0 Å². The first-order valence-corrected chi connectivity index (χ1v) is 7.85. The van der Waals surface area contributed by atoms with Gasteiger partial charge in [-0.25, -0.2) is 13.8 Å². The predicted molar refractivity (Wildman–Crippen MR) is 80.7 cm³/mol. The van der Waals surface area contributed by atoms with E-state index in [4.69, 9.17) is 0 Å². The zero-order valence-corrected chi connectivity index (χ0v) is 12.6. The maximum Gasteiger partial charge on any atom is 0.149 e. The van der Waals surface area contributed by atoms with E-state index in [1.807, 2.05) is 12.3 Å². The van der Waals surface area contributed by atoms with E-state index in [1.54, 1.807) is 16.2 Å². The summed E-state index contributed by atoms with van der Waals surface area (Å²) in [5, 5.41) is 6.49. The molecule has 1 saturated heterocycles. The predicted octanol–water partition coefficient (Wildman–Crippen LogP) is 3.10. The molecule has 1 aliphatic rings. The van der Waals surface area contributed by atoms with Crippen LogP contribution in [0.4, 0.5) is 14.5 Å². The Hall–Kier alpha value is -1.53. The number of hydrogen-bond donors (Lipinski definition) is 1. The lowest BCUT2D eigenvalue weighted by Gasteiger charge is -2.20. The van der Waals surface area contributed by atoms with Crippen LogP contribution in [-0.4, -0.2) is 24.1 Å². The van der Waals surface area contributed by atoms with Crippen molar-refractivity contribution < 1.29 is 8.78 Å². The van der Waals surface area contributed by atoms with Crippen molar-refractivity contribution >= 4 is 17.0 Å². The van der Waals surface area contributed by atoms with Crippen molar-refractivity contribution in [1.82, 2.24) is 10.3 Å². The summed E-state index contributed by atoms with van der Waals surface area (Å²) >= 11 is 1.63. The van der Waals surface area contributed by atoms with Gasteiger partial charge in [0.25, 0.3) is 0 Å². The maximum absolute atomic E-state index is 13.8. The highest BCUT2D eigenvalue weighted by Crippen LogP contribution is 2.26.